The van der Waals surface area contributed by atoms with Crippen LogP contribution < -0.4 is 0 Å². The van der Waals surface area contributed by atoms with E-state index in [4.69, 9.17) is 5.11 Å². The lowest BCUT2D eigenvalue weighted by Gasteiger charge is -2.34. The molecule has 0 amide bonds. The van der Waals surface area contributed by atoms with Crippen molar-refractivity contribution in [2.45, 2.75) is 39.2 Å². The molecule has 3 nitrogen and oxygen atoms in total. The van der Waals surface area contributed by atoms with Gasteiger partial charge in [-0.25, -0.2) is 0 Å². The Labute approximate surface area is 79.7 Å². The second-order valence-electron chi connectivity index (χ2n) is 4.08. The third kappa shape index (κ3) is 2.99. The van der Waals surface area contributed by atoms with Crippen LogP contribution in [-0.2, 0) is 4.79 Å². The number of piperidine rings is 1. The van der Waals surface area contributed by atoms with Crippen molar-refractivity contribution in [1.29, 1.82) is 0 Å². The molecule has 0 aromatic heterocycles. The molecule has 2 atom stereocenters. The average Bonchev–Trinajstić information content (AvgIpc) is 2.08. The van der Waals surface area contributed by atoms with E-state index in [-0.39, 0.29) is 5.92 Å². The molecule has 1 aliphatic heterocycles. The van der Waals surface area contributed by atoms with Gasteiger partial charge in [0.25, 0.3) is 0 Å². The highest BCUT2D eigenvalue weighted by atomic mass is 16.4. The highest BCUT2D eigenvalue weighted by molar-refractivity contribution is 5.69. The van der Waals surface area contributed by atoms with Crippen LogP contribution in [-0.4, -0.2) is 35.1 Å². The molecule has 1 rings (SSSR count). The van der Waals surface area contributed by atoms with Crippen LogP contribution in [0.15, 0.2) is 0 Å². The van der Waals surface area contributed by atoms with Gasteiger partial charge in [0.05, 0.1) is 5.92 Å². The summed E-state index contributed by atoms with van der Waals surface area (Å²) in [6.07, 6.45) is 3.72. The number of carboxylic acid groups (broad SMARTS) is 1. The van der Waals surface area contributed by atoms with Gasteiger partial charge >= 0.3 is 5.97 Å². The summed E-state index contributed by atoms with van der Waals surface area (Å²) < 4.78 is 0. The van der Waals surface area contributed by atoms with Gasteiger partial charge in [0.2, 0.25) is 0 Å². The molecule has 0 aromatic carbocycles. The van der Waals surface area contributed by atoms with E-state index in [1.54, 1.807) is 6.92 Å². The Kier molecular flexibility index (Phi) is 3.72. The third-order valence-electron chi connectivity index (χ3n) is 2.87. The SMILES string of the molecule is C[C@@H]1CCCCN1C[C@H](C)C(=O)O. The Morgan fingerprint density at radius 1 is 1.62 bits per heavy atom. The summed E-state index contributed by atoms with van der Waals surface area (Å²) in [5, 5.41) is 8.77. The molecular formula is C10H19NO2. The number of likely N-dealkylation sites (tertiary alicyclic amines) is 1. The van der Waals surface area contributed by atoms with E-state index in [2.05, 4.69) is 11.8 Å². The second kappa shape index (κ2) is 4.61. The number of hydrogen-bond donors (Lipinski definition) is 1. The maximum atomic E-state index is 10.7. The Morgan fingerprint density at radius 3 is 2.85 bits per heavy atom. The summed E-state index contributed by atoms with van der Waals surface area (Å²) in [5.74, 6) is -0.918. The van der Waals surface area contributed by atoms with Crippen LogP contribution in [0.2, 0.25) is 0 Å². The van der Waals surface area contributed by atoms with E-state index >= 15 is 0 Å². The average molecular weight is 185 g/mol. The molecule has 0 spiro atoms. The van der Waals surface area contributed by atoms with E-state index in [0.29, 0.717) is 12.6 Å². The summed E-state index contributed by atoms with van der Waals surface area (Å²) in [5.41, 5.74) is 0. The minimum atomic E-state index is -0.683. The Hall–Kier alpha value is -0.570. The molecule has 76 valence electrons. The molecule has 0 aromatic rings. The van der Waals surface area contributed by atoms with Crippen LogP contribution in [0.25, 0.3) is 0 Å². The summed E-state index contributed by atoms with van der Waals surface area (Å²) in [7, 11) is 0. The van der Waals surface area contributed by atoms with Crippen LogP contribution in [0, 0.1) is 5.92 Å². The number of nitrogens with zero attached hydrogens (tertiary/aromatic N) is 1. The standard InChI is InChI=1S/C10H19NO2/c1-8(10(12)13)7-11-6-4-3-5-9(11)2/h8-9H,3-7H2,1-2H3,(H,12,13)/t8-,9+/m0/s1. The number of carboxylic acids is 1. The van der Waals surface area contributed by atoms with Gasteiger partial charge in [-0.3, -0.25) is 9.69 Å². The van der Waals surface area contributed by atoms with Crippen LogP contribution in [0.1, 0.15) is 33.1 Å². The first-order valence-electron chi connectivity index (χ1n) is 5.08. The van der Waals surface area contributed by atoms with Crippen molar-refractivity contribution < 1.29 is 9.90 Å². The fraction of sp³-hybridized carbons (Fsp3) is 0.900. The van der Waals surface area contributed by atoms with Gasteiger partial charge < -0.3 is 5.11 Å². The largest absolute Gasteiger partial charge is 0.481 e. The molecule has 0 unspecified atom stereocenters. The number of rotatable bonds is 3. The zero-order valence-electron chi connectivity index (χ0n) is 8.49. The van der Waals surface area contributed by atoms with Crippen LogP contribution in [0.3, 0.4) is 0 Å². The fourth-order valence-corrected chi connectivity index (χ4v) is 1.86. The van der Waals surface area contributed by atoms with Crippen molar-refractivity contribution >= 4 is 5.97 Å². The number of carbonyl (C=O) groups is 1. The Bertz CT molecular complexity index is 182. The summed E-state index contributed by atoms with van der Waals surface area (Å²) >= 11 is 0. The smallest absolute Gasteiger partial charge is 0.307 e. The van der Waals surface area contributed by atoms with E-state index in [1.165, 1.54) is 19.3 Å². The van der Waals surface area contributed by atoms with Gasteiger partial charge in [-0.05, 0) is 26.3 Å². The van der Waals surface area contributed by atoms with Gasteiger partial charge in [0.1, 0.15) is 0 Å². The van der Waals surface area contributed by atoms with Gasteiger partial charge in [0, 0.05) is 12.6 Å². The Balaban J connectivity index is 2.37. The molecule has 0 bridgehead atoms. The molecule has 13 heavy (non-hydrogen) atoms. The van der Waals surface area contributed by atoms with E-state index < -0.39 is 5.97 Å². The summed E-state index contributed by atoms with van der Waals surface area (Å²) in [6.45, 7) is 5.74. The Morgan fingerprint density at radius 2 is 2.31 bits per heavy atom. The van der Waals surface area contributed by atoms with Crippen LogP contribution in [0.4, 0.5) is 0 Å². The molecule has 1 saturated heterocycles. The molecule has 1 N–H and O–H groups in total. The molecular weight excluding hydrogens is 166 g/mol. The zero-order valence-corrected chi connectivity index (χ0v) is 8.49. The molecule has 1 aliphatic rings. The molecule has 0 saturated carbocycles. The monoisotopic (exact) mass is 185 g/mol. The van der Waals surface area contributed by atoms with Crippen LogP contribution in [0.5, 0.6) is 0 Å². The lowest BCUT2D eigenvalue weighted by Crippen LogP contribution is -2.41. The normalized spacial score (nSPS) is 27.1. The number of aliphatic carboxylic acids is 1. The molecule has 3 heteroatoms. The van der Waals surface area contributed by atoms with Crippen molar-refractivity contribution in [2.24, 2.45) is 5.92 Å². The number of hydrogen-bond acceptors (Lipinski definition) is 2. The first-order valence-corrected chi connectivity index (χ1v) is 5.08. The lowest BCUT2D eigenvalue weighted by molar-refractivity contribution is -0.142. The molecule has 1 heterocycles. The summed E-state index contributed by atoms with van der Waals surface area (Å²) in [6, 6.07) is 0.565. The third-order valence-corrected chi connectivity index (χ3v) is 2.87. The van der Waals surface area contributed by atoms with Gasteiger partial charge in [-0.2, -0.15) is 0 Å². The van der Waals surface area contributed by atoms with Crippen molar-refractivity contribution in [3.63, 3.8) is 0 Å². The van der Waals surface area contributed by atoms with E-state index in [9.17, 15) is 4.79 Å². The van der Waals surface area contributed by atoms with E-state index in [1.807, 2.05) is 0 Å². The van der Waals surface area contributed by atoms with Gasteiger partial charge in [0.15, 0.2) is 0 Å². The maximum absolute atomic E-state index is 10.7. The minimum absolute atomic E-state index is 0.236. The predicted molar refractivity (Wildman–Crippen MR) is 51.7 cm³/mol. The lowest BCUT2D eigenvalue weighted by atomic mass is 10.0. The fourth-order valence-electron chi connectivity index (χ4n) is 1.86. The van der Waals surface area contributed by atoms with Crippen molar-refractivity contribution in [2.75, 3.05) is 13.1 Å². The van der Waals surface area contributed by atoms with E-state index in [0.717, 1.165) is 6.54 Å². The van der Waals surface area contributed by atoms with Crippen molar-refractivity contribution in [3.8, 4) is 0 Å². The maximum Gasteiger partial charge on any atom is 0.307 e. The highest BCUT2D eigenvalue weighted by Crippen LogP contribution is 2.17. The van der Waals surface area contributed by atoms with Gasteiger partial charge in [-0.1, -0.05) is 13.3 Å². The zero-order chi connectivity index (χ0) is 9.84. The first-order chi connectivity index (χ1) is 6.11. The quantitative estimate of drug-likeness (QED) is 0.725. The molecule has 0 radical (unpaired) electrons. The molecule has 0 aliphatic carbocycles. The first kappa shape index (κ1) is 10.5. The van der Waals surface area contributed by atoms with Crippen LogP contribution >= 0.6 is 0 Å². The van der Waals surface area contributed by atoms with Crippen molar-refractivity contribution in [1.82, 2.24) is 4.90 Å². The van der Waals surface area contributed by atoms with Crippen molar-refractivity contribution in [3.05, 3.63) is 0 Å². The molecule has 1 fully saturated rings. The summed E-state index contributed by atoms with van der Waals surface area (Å²) in [4.78, 5) is 12.9. The van der Waals surface area contributed by atoms with Gasteiger partial charge in [-0.15, -0.1) is 0 Å². The predicted octanol–water partition coefficient (Wildman–Crippen LogP) is 1.58. The second-order valence-corrected chi connectivity index (χ2v) is 4.08. The minimum Gasteiger partial charge on any atom is -0.481 e. The topological polar surface area (TPSA) is 40.5 Å². The highest BCUT2D eigenvalue weighted by Gasteiger charge is 2.22.